The van der Waals surface area contributed by atoms with Crippen LogP contribution in [0.5, 0.6) is 0 Å². The summed E-state index contributed by atoms with van der Waals surface area (Å²) in [5, 5.41) is 0. The lowest BCUT2D eigenvalue weighted by Gasteiger charge is -2.22. The molecule has 19 heavy (non-hydrogen) atoms. The van der Waals surface area contributed by atoms with Crippen molar-refractivity contribution in [2.24, 2.45) is 5.92 Å². The summed E-state index contributed by atoms with van der Waals surface area (Å²) >= 11 is 8.72. The topological polar surface area (TPSA) is 16.1 Å². The van der Waals surface area contributed by atoms with Crippen LogP contribution in [0.15, 0.2) is 16.7 Å². The van der Waals surface area contributed by atoms with Crippen molar-refractivity contribution in [2.45, 2.75) is 19.0 Å². The van der Waals surface area contributed by atoms with Crippen molar-refractivity contribution in [1.82, 2.24) is 4.98 Å². The van der Waals surface area contributed by atoms with Crippen molar-refractivity contribution in [3.8, 4) is 0 Å². The first kappa shape index (κ1) is 14.9. The molecular formula is C12H13BrClF3N2. The Morgan fingerprint density at radius 2 is 2.21 bits per heavy atom. The maximum absolute atomic E-state index is 13.0. The van der Waals surface area contributed by atoms with E-state index < -0.39 is 11.7 Å². The first-order chi connectivity index (χ1) is 8.91. The van der Waals surface area contributed by atoms with Crippen LogP contribution in [0.3, 0.4) is 0 Å². The summed E-state index contributed by atoms with van der Waals surface area (Å²) < 4.78 is 39.4. The number of rotatable bonds is 3. The van der Waals surface area contributed by atoms with E-state index in [4.69, 9.17) is 11.6 Å². The molecule has 1 unspecified atom stereocenters. The van der Waals surface area contributed by atoms with Crippen molar-refractivity contribution >= 4 is 33.3 Å². The lowest BCUT2D eigenvalue weighted by atomic mass is 10.1. The summed E-state index contributed by atoms with van der Waals surface area (Å²) in [6.45, 7) is 1.18. The van der Waals surface area contributed by atoms with Gasteiger partial charge in [-0.2, -0.15) is 13.2 Å². The third-order valence-electron chi connectivity index (χ3n) is 3.24. The number of nitrogens with zero attached hydrogens (tertiary/aromatic N) is 2. The van der Waals surface area contributed by atoms with Gasteiger partial charge in [-0.1, -0.05) is 0 Å². The lowest BCUT2D eigenvalue weighted by Crippen LogP contribution is -2.24. The fourth-order valence-corrected chi connectivity index (χ4v) is 2.95. The van der Waals surface area contributed by atoms with Crippen molar-refractivity contribution < 1.29 is 13.2 Å². The number of hydrogen-bond acceptors (Lipinski definition) is 2. The number of anilines is 1. The fourth-order valence-electron chi connectivity index (χ4n) is 2.31. The molecule has 0 amide bonds. The normalized spacial score (nSPS) is 20.1. The summed E-state index contributed by atoms with van der Waals surface area (Å²) in [7, 11) is 0. The van der Waals surface area contributed by atoms with Gasteiger partial charge in [0.05, 0.1) is 5.56 Å². The molecule has 0 radical (unpaired) electrons. The Morgan fingerprint density at radius 1 is 1.47 bits per heavy atom. The second-order valence-electron chi connectivity index (χ2n) is 4.60. The van der Waals surface area contributed by atoms with Crippen LogP contribution in [-0.4, -0.2) is 24.0 Å². The van der Waals surface area contributed by atoms with Gasteiger partial charge in [-0.25, -0.2) is 4.98 Å². The fraction of sp³-hybridized carbons (Fsp3) is 0.583. The van der Waals surface area contributed by atoms with Gasteiger partial charge in [-0.15, -0.1) is 11.6 Å². The maximum atomic E-state index is 13.0. The molecule has 0 saturated carbocycles. The van der Waals surface area contributed by atoms with E-state index in [-0.39, 0.29) is 5.82 Å². The van der Waals surface area contributed by atoms with Gasteiger partial charge in [0.15, 0.2) is 0 Å². The van der Waals surface area contributed by atoms with Crippen LogP contribution in [0.4, 0.5) is 19.0 Å². The Labute approximate surface area is 123 Å². The molecule has 1 aliphatic heterocycles. The largest absolute Gasteiger partial charge is 0.419 e. The predicted molar refractivity (Wildman–Crippen MR) is 72.6 cm³/mol. The van der Waals surface area contributed by atoms with E-state index in [2.05, 4.69) is 20.9 Å². The van der Waals surface area contributed by atoms with Gasteiger partial charge in [-0.3, -0.25) is 0 Å². The van der Waals surface area contributed by atoms with Gasteiger partial charge in [0.2, 0.25) is 0 Å². The molecule has 1 saturated heterocycles. The van der Waals surface area contributed by atoms with Gasteiger partial charge in [-0.05, 0) is 40.8 Å². The molecule has 1 fully saturated rings. The Kier molecular flexibility index (Phi) is 4.61. The first-order valence-electron chi connectivity index (χ1n) is 5.95. The second-order valence-corrected chi connectivity index (χ2v) is 5.89. The molecule has 7 heteroatoms. The quantitative estimate of drug-likeness (QED) is 0.749. The molecule has 2 nitrogen and oxygen atoms in total. The molecule has 1 aromatic rings. The summed E-state index contributed by atoms with van der Waals surface area (Å²) in [4.78, 5) is 5.65. The van der Waals surface area contributed by atoms with Crippen molar-refractivity contribution in [2.75, 3.05) is 23.9 Å². The predicted octanol–water partition coefficient (Wildman–Crippen LogP) is 4.32. The van der Waals surface area contributed by atoms with E-state index in [9.17, 15) is 13.2 Å². The molecule has 0 bridgehead atoms. The van der Waals surface area contributed by atoms with E-state index in [1.165, 1.54) is 6.20 Å². The number of aromatic nitrogens is 1. The number of halogens is 5. The van der Waals surface area contributed by atoms with Crippen molar-refractivity contribution in [3.05, 3.63) is 22.3 Å². The maximum Gasteiger partial charge on any atom is 0.419 e. The zero-order chi connectivity index (χ0) is 14.0. The monoisotopic (exact) mass is 356 g/mol. The SMILES string of the molecule is FC(F)(F)c1cc(Br)cnc1N1CCC(CCCl)C1. The summed E-state index contributed by atoms with van der Waals surface area (Å²) in [5.74, 6) is 0.912. The Balaban J connectivity index is 2.26. The highest BCUT2D eigenvalue weighted by atomic mass is 79.9. The summed E-state index contributed by atoms with van der Waals surface area (Å²) in [5.41, 5.74) is -0.687. The Hall–Kier alpha value is -0.490. The Morgan fingerprint density at radius 3 is 2.84 bits per heavy atom. The molecule has 106 valence electrons. The van der Waals surface area contributed by atoms with Crippen LogP contribution >= 0.6 is 27.5 Å². The van der Waals surface area contributed by atoms with Crippen LogP contribution in [0.2, 0.25) is 0 Å². The zero-order valence-electron chi connectivity index (χ0n) is 10.1. The summed E-state index contributed by atoms with van der Waals surface area (Å²) in [6.07, 6.45) is -1.30. The highest BCUT2D eigenvalue weighted by Gasteiger charge is 2.37. The minimum Gasteiger partial charge on any atom is -0.356 e. The van der Waals surface area contributed by atoms with Gasteiger partial charge < -0.3 is 4.90 Å². The van der Waals surface area contributed by atoms with Gasteiger partial charge >= 0.3 is 6.18 Å². The number of alkyl halides is 4. The standard InChI is InChI=1S/C12H13BrClF3N2/c13-9-5-10(12(15,16)17)11(18-6-9)19-4-2-8(7-19)1-3-14/h5-6,8H,1-4,7H2. The smallest absolute Gasteiger partial charge is 0.356 e. The van der Waals surface area contributed by atoms with E-state index in [0.29, 0.717) is 29.4 Å². The molecule has 0 N–H and O–H groups in total. The third kappa shape index (κ3) is 3.54. The molecule has 1 atom stereocenters. The zero-order valence-corrected chi connectivity index (χ0v) is 12.4. The minimum absolute atomic E-state index is 0.0211. The van der Waals surface area contributed by atoms with Gasteiger partial charge in [0, 0.05) is 29.6 Å². The minimum atomic E-state index is -4.39. The van der Waals surface area contributed by atoms with Crippen molar-refractivity contribution in [1.29, 1.82) is 0 Å². The lowest BCUT2D eigenvalue weighted by molar-refractivity contribution is -0.137. The first-order valence-corrected chi connectivity index (χ1v) is 7.28. The van der Waals surface area contributed by atoms with Crippen LogP contribution in [0.1, 0.15) is 18.4 Å². The van der Waals surface area contributed by atoms with Gasteiger partial charge in [0.1, 0.15) is 5.82 Å². The van der Waals surface area contributed by atoms with E-state index in [0.717, 1.165) is 18.9 Å². The molecule has 0 spiro atoms. The molecule has 2 rings (SSSR count). The summed E-state index contributed by atoms with van der Waals surface area (Å²) in [6, 6.07) is 1.08. The third-order valence-corrected chi connectivity index (χ3v) is 3.89. The van der Waals surface area contributed by atoms with Crippen molar-refractivity contribution in [3.63, 3.8) is 0 Å². The second kappa shape index (κ2) is 5.87. The van der Waals surface area contributed by atoms with E-state index in [1.807, 2.05) is 0 Å². The molecule has 1 aromatic heterocycles. The average molecular weight is 358 g/mol. The van der Waals surface area contributed by atoms with Gasteiger partial charge in [0.25, 0.3) is 0 Å². The Bertz CT molecular complexity index is 453. The van der Waals surface area contributed by atoms with Crippen LogP contribution in [0.25, 0.3) is 0 Å². The number of pyridine rings is 1. The molecule has 1 aliphatic rings. The molecule has 2 heterocycles. The highest BCUT2D eigenvalue weighted by Crippen LogP contribution is 2.38. The van der Waals surface area contributed by atoms with E-state index in [1.54, 1.807) is 4.90 Å². The van der Waals surface area contributed by atoms with Crippen LogP contribution in [-0.2, 0) is 6.18 Å². The number of hydrogen-bond donors (Lipinski definition) is 0. The average Bonchev–Trinajstić information content (AvgIpc) is 2.77. The van der Waals surface area contributed by atoms with E-state index >= 15 is 0 Å². The van der Waals surface area contributed by atoms with Crippen LogP contribution < -0.4 is 4.90 Å². The molecule has 0 aliphatic carbocycles. The molecular weight excluding hydrogens is 344 g/mol. The van der Waals surface area contributed by atoms with Crippen LogP contribution in [0, 0.1) is 5.92 Å². The molecule has 0 aromatic carbocycles. The highest BCUT2D eigenvalue weighted by molar-refractivity contribution is 9.10.